The Morgan fingerprint density at radius 1 is 0.647 bits per heavy atom. The average molecular weight is 220 g/mol. The second-order valence-corrected chi connectivity index (χ2v) is 4.07. The SMILES string of the molecule is C1=NC(c2ccccc2)C(c2ccccc2)N=1. The molecule has 0 aliphatic carbocycles. The standard InChI is InChI=1S/C15H12N2/c1-3-7-12(8-4-1)14-15(17-11-16-14)13-9-5-2-6-10-13/h1-10,14-15H. The molecule has 2 heteroatoms. The molecule has 0 radical (unpaired) electrons. The lowest BCUT2D eigenvalue weighted by Crippen LogP contribution is -2.03. The van der Waals surface area contributed by atoms with Gasteiger partial charge < -0.3 is 0 Å². The maximum atomic E-state index is 4.35. The van der Waals surface area contributed by atoms with Gasteiger partial charge in [-0.25, -0.2) is 9.98 Å². The molecule has 0 bridgehead atoms. The van der Waals surface area contributed by atoms with Crippen molar-refractivity contribution in [2.24, 2.45) is 9.98 Å². The third kappa shape index (κ3) is 1.91. The smallest absolute Gasteiger partial charge is 0.113 e. The van der Waals surface area contributed by atoms with Crippen LogP contribution in [-0.2, 0) is 0 Å². The molecule has 3 rings (SSSR count). The van der Waals surface area contributed by atoms with E-state index in [2.05, 4.69) is 40.3 Å². The highest BCUT2D eigenvalue weighted by molar-refractivity contribution is 5.49. The average Bonchev–Trinajstić information content (AvgIpc) is 2.90. The van der Waals surface area contributed by atoms with Crippen molar-refractivity contribution in [1.29, 1.82) is 0 Å². The molecule has 0 fully saturated rings. The van der Waals surface area contributed by atoms with Crippen LogP contribution in [0.1, 0.15) is 23.2 Å². The summed E-state index contributed by atoms with van der Waals surface area (Å²) >= 11 is 0. The first-order valence-corrected chi connectivity index (χ1v) is 5.70. The van der Waals surface area contributed by atoms with E-state index in [1.807, 2.05) is 36.4 Å². The predicted octanol–water partition coefficient (Wildman–Crippen LogP) is 3.66. The third-order valence-electron chi connectivity index (χ3n) is 2.97. The van der Waals surface area contributed by atoms with E-state index in [4.69, 9.17) is 0 Å². The van der Waals surface area contributed by atoms with Crippen LogP contribution in [0.15, 0.2) is 70.6 Å². The minimum atomic E-state index is 0.0681. The Kier molecular flexibility index (Phi) is 2.57. The maximum Gasteiger partial charge on any atom is 0.113 e. The first-order chi connectivity index (χ1) is 8.45. The Morgan fingerprint density at radius 3 is 1.47 bits per heavy atom. The van der Waals surface area contributed by atoms with Gasteiger partial charge in [-0.15, -0.1) is 0 Å². The van der Waals surface area contributed by atoms with Crippen LogP contribution in [0.3, 0.4) is 0 Å². The molecule has 0 amide bonds. The summed E-state index contributed by atoms with van der Waals surface area (Å²) in [4.78, 5) is 8.69. The van der Waals surface area contributed by atoms with Crippen molar-refractivity contribution in [2.75, 3.05) is 0 Å². The molecule has 2 atom stereocenters. The molecule has 2 unspecified atom stereocenters. The summed E-state index contributed by atoms with van der Waals surface area (Å²) in [5.74, 6) is 0. The van der Waals surface area contributed by atoms with Crippen LogP contribution in [0.4, 0.5) is 0 Å². The Hall–Kier alpha value is -2.18. The lowest BCUT2D eigenvalue weighted by atomic mass is 9.95. The van der Waals surface area contributed by atoms with Crippen molar-refractivity contribution < 1.29 is 0 Å². The van der Waals surface area contributed by atoms with E-state index in [-0.39, 0.29) is 12.1 Å². The molecule has 2 aromatic carbocycles. The molecule has 0 N–H and O–H groups in total. The van der Waals surface area contributed by atoms with Gasteiger partial charge in [-0.1, -0.05) is 60.7 Å². The lowest BCUT2D eigenvalue weighted by Gasteiger charge is -2.16. The predicted molar refractivity (Wildman–Crippen MR) is 68.2 cm³/mol. The lowest BCUT2D eigenvalue weighted by molar-refractivity contribution is 0.609. The molecule has 82 valence electrons. The number of nitrogens with zero attached hydrogens (tertiary/aromatic N) is 2. The molecule has 1 heterocycles. The summed E-state index contributed by atoms with van der Waals surface area (Å²) in [5.41, 5.74) is 2.38. The monoisotopic (exact) mass is 220 g/mol. The van der Waals surface area contributed by atoms with Gasteiger partial charge in [0.15, 0.2) is 0 Å². The quantitative estimate of drug-likeness (QED) is 0.738. The number of benzene rings is 2. The molecular formula is C15H12N2. The zero-order valence-corrected chi connectivity index (χ0v) is 9.32. The molecule has 2 nitrogen and oxygen atoms in total. The van der Waals surface area contributed by atoms with E-state index in [0.717, 1.165) is 0 Å². The second-order valence-electron chi connectivity index (χ2n) is 4.07. The van der Waals surface area contributed by atoms with Crippen molar-refractivity contribution in [1.82, 2.24) is 0 Å². The van der Waals surface area contributed by atoms with Gasteiger partial charge in [0.1, 0.15) is 12.1 Å². The highest BCUT2D eigenvalue weighted by Gasteiger charge is 2.26. The Bertz CT molecular complexity index is 504. The van der Waals surface area contributed by atoms with Gasteiger partial charge in [0, 0.05) is 0 Å². The van der Waals surface area contributed by atoms with E-state index < -0.39 is 0 Å². The summed E-state index contributed by atoms with van der Waals surface area (Å²) in [6.45, 7) is 0. The summed E-state index contributed by atoms with van der Waals surface area (Å²) in [6, 6.07) is 23.4. The molecule has 0 spiro atoms. The van der Waals surface area contributed by atoms with E-state index in [1.165, 1.54) is 11.1 Å². The zero-order valence-electron chi connectivity index (χ0n) is 9.32. The topological polar surface area (TPSA) is 24.7 Å². The van der Waals surface area contributed by atoms with Gasteiger partial charge in [0.25, 0.3) is 0 Å². The van der Waals surface area contributed by atoms with Gasteiger partial charge in [0.2, 0.25) is 0 Å². The molecule has 2 aromatic rings. The van der Waals surface area contributed by atoms with Crippen molar-refractivity contribution in [2.45, 2.75) is 12.1 Å². The minimum absolute atomic E-state index is 0.0681. The third-order valence-corrected chi connectivity index (χ3v) is 2.97. The first kappa shape index (κ1) is 10.0. The fourth-order valence-electron chi connectivity index (χ4n) is 2.11. The molecular weight excluding hydrogens is 208 g/mol. The van der Waals surface area contributed by atoms with E-state index in [0.29, 0.717) is 0 Å². The van der Waals surface area contributed by atoms with Crippen molar-refractivity contribution in [3.8, 4) is 0 Å². The second kappa shape index (κ2) is 4.36. The van der Waals surface area contributed by atoms with E-state index >= 15 is 0 Å². The summed E-state index contributed by atoms with van der Waals surface area (Å²) in [6.07, 6.45) is 0. The fourth-order valence-corrected chi connectivity index (χ4v) is 2.11. The van der Waals surface area contributed by atoms with Crippen molar-refractivity contribution in [3.63, 3.8) is 0 Å². The first-order valence-electron chi connectivity index (χ1n) is 5.70. The van der Waals surface area contributed by atoms with Crippen LogP contribution in [0, 0.1) is 0 Å². The summed E-state index contributed by atoms with van der Waals surface area (Å²) in [7, 11) is 0. The maximum absolute atomic E-state index is 4.35. The zero-order chi connectivity index (χ0) is 11.5. The highest BCUT2D eigenvalue weighted by atomic mass is 15.0. The normalized spacial score (nSPS) is 21.9. The van der Waals surface area contributed by atoms with Gasteiger partial charge in [-0.3, -0.25) is 0 Å². The van der Waals surface area contributed by atoms with E-state index in [9.17, 15) is 0 Å². The van der Waals surface area contributed by atoms with E-state index in [1.54, 1.807) is 0 Å². The van der Waals surface area contributed by atoms with Crippen LogP contribution in [0.25, 0.3) is 0 Å². The summed E-state index contributed by atoms with van der Waals surface area (Å²) in [5, 5.41) is 0. The molecule has 0 saturated carbocycles. The molecule has 1 aliphatic heterocycles. The Morgan fingerprint density at radius 2 is 1.06 bits per heavy atom. The van der Waals surface area contributed by atoms with Crippen LogP contribution >= 0.6 is 0 Å². The van der Waals surface area contributed by atoms with Gasteiger partial charge in [-0.05, 0) is 11.1 Å². The summed E-state index contributed by atoms with van der Waals surface area (Å²) < 4.78 is 0. The van der Waals surface area contributed by atoms with Crippen molar-refractivity contribution >= 4 is 6.01 Å². The molecule has 17 heavy (non-hydrogen) atoms. The molecule has 1 aliphatic rings. The van der Waals surface area contributed by atoms with Gasteiger partial charge in [0.05, 0.1) is 6.01 Å². The van der Waals surface area contributed by atoms with Crippen LogP contribution < -0.4 is 0 Å². The van der Waals surface area contributed by atoms with Crippen LogP contribution in [0.5, 0.6) is 0 Å². The van der Waals surface area contributed by atoms with Crippen LogP contribution in [-0.4, -0.2) is 6.01 Å². The van der Waals surface area contributed by atoms with Crippen molar-refractivity contribution in [3.05, 3.63) is 71.8 Å². The Balaban J connectivity index is 1.95. The van der Waals surface area contributed by atoms with Crippen LogP contribution in [0.2, 0.25) is 0 Å². The van der Waals surface area contributed by atoms with Gasteiger partial charge in [-0.2, -0.15) is 0 Å². The molecule has 0 aromatic heterocycles. The minimum Gasteiger partial charge on any atom is -0.215 e. The fraction of sp³-hybridized carbons (Fsp3) is 0.133. The number of hydrogen-bond acceptors (Lipinski definition) is 2. The van der Waals surface area contributed by atoms with Gasteiger partial charge >= 0.3 is 0 Å². The Labute approximate surface area is 100 Å². The highest BCUT2D eigenvalue weighted by Crippen LogP contribution is 2.36. The largest absolute Gasteiger partial charge is 0.215 e. The number of hydrogen-bond donors (Lipinski definition) is 0. The molecule has 0 saturated heterocycles. The number of rotatable bonds is 2. The number of aliphatic imine (C=N–C) groups is 2.